The quantitative estimate of drug-likeness (QED) is 0.434. The summed E-state index contributed by atoms with van der Waals surface area (Å²) < 4.78 is 23.9. The Balaban J connectivity index is 1.28. The first-order valence-electron chi connectivity index (χ1n) is 14.0. The third-order valence-electron chi connectivity index (χ3n) is 11.3. The Morgan fingerprint density at radius 2 is 1.85 bits per heavy atom. The number of hydrogen-bond donors (Lipinski definition) is 3. The second-order valence-corrected chi connectivity index (χ2v) is 13.7. The van der Waals surface area contributed by atoms with Gasteiger partial charge in [0.25, 0.3) is 0 Å². The molecule has 212 valence electrons. The molecule has 7 aliphatic rings. The van der Waals surface area contributed by atoms with Crippen LogP contribution in [-0.2, 0) is 33.3 Å². The molecule has 7 rings (SSSR count). The van der Waals surface area contributed by atoms with Crippen LogP contribution >= 0.6 is 0 Å². The number of fused-ring (bicyclic) bond motifs is 3. The van der Waals surface area contributed by atoms with Gasteiger partial charge in [0.15, 0.2) is 5.60 Å². The van der Waals surface area contributed by atoms with Gasteiger partial charge < -0.3 is 34.3 Å². The first kappa shape index (κ1) is 25.8. The van der Waals surface area contributed by atoms with Gasteiger partial charge in [0.05, 0.1) is 24.0 Å². The van der Waals surface area contributed by atoms with Crippen LogP contribution < -0.4 is 0 Å². The van der Waals surface area contributed by atoms with Crippen LogP contribution in [0.3, 0.4) is 0 Å². The Labute approximate surface area is 226 Å². The maximum absolute atomic E-state index is 14.1. The molecule has 0 radical (unpaired) electrons. The van der Waals surface area contributed by atoms with Gasteiger partial charge in [0.2, 0.25) is 11.6 Å². The SMILES string of the molecule is CC1=C/C(=C/[C@@H](C)[C@@H]2[C@H]3[C@]2(C)CC[C@@]24O[C@]3(O)C(=O)[C@@H]2[C@@H](O)C[C@H]2C(C)(C)O[C@@H]3CC(=O)O[C@@]32[C@H]4O)OC1=O. The summed E-state index contributed by atoms with van der Waals surface area (Å²) in [6.07, 6.45) is 0.723. The molecule has 39 heavy (non-hydrogen) atoms. The molecule has 0 aromatic heterocycles. The van der Waals surface area contributed by atoms with E-state index >= 15 is 0 Å². The molecule has 5 heterocycles. The van der Waals surface area contributed by atoms with E-state index in [1.165, 1.54) is 0 Å². The lowest BCUT2D eigenvalue weighted by molar-refractivity contribution is -0.277. The van der Waals surface area contributed by atoms with E-state index in [-0.39, 0.29) is 31.1 Å². The summed E-state index contributed by atoms with van der Waals surface area (Å²) in [5.41, 5.74) is -3.97. The lowest BCUT2D eigenvalue weighted by Gasteiger charge is -2.45. The van der Waals surface area contributed by atoms with Gasteiger partial charge in [0, 0.05) is 17.4 Å². The summed E-state index contributed by atoms with van der Waals surface area (Å²) in [5.74, 6) is -6.01. The second kappa shape index (κ2) is 7.39. The highest BCUT2D eigenvalue weighted by Gasteiger charge is 2.85. The number of ketones is 1. The summed E-state index contributed by atoms with van der Waals surface area (Å²) in [6, 6.07) is 0. The number of carbonyl (C=O) groups excluding carboxylic acids is 3. The van der Waals surface area contributed by atoms with Crippen molar-refractivity contribution in [2.24, 2.45) is 35.0 Å². The van der Waals surface area contributed by atoms with Crippen molar-refractivity contribution in [2.45, 2.75) is 101 Å². The zero-order valence-electron chi connectivity index (χ0n) is 22.8. The molecule has 2 bridgehead atoms. The number of allylic oxidation sites excluding steroid dienone is 2. The zero-order valence-corrected chi connectivity index (χ0v) is 22.8. The molecule has 0 unspecified atom stereocenters. The normalized spacial score (nSPS) is 54.6. The molecule has 4 saturated heterocycles. The van der Waals surface area contributed by atoms with Gasteiger partial charge in [-0.1, -0.05) is 13.8 Å². The molecule has 2 spiro atoms. The molecule has 0 amide bonds. The van der Waals surface area contributed by atoms with Gasteiger partial charge in [-0.05, 0) is 69.4 Å². The molecule has 2 saturated carbocycles. The van der Waals surface area contributed by atoms with E-state index in [4.69, 9.17) is 18.9 Å². The Bertz CT molecular complexity index is 1270. The van der Waals surface area contributed by atoms with Crippen LogP contribution in [0.4, 0.5) is 0 Å². The topological polar surface area (TPSA) is 149 Å². The zero-order chi connectivity index (χ0) is 28.1. The Hall–Kier alpha value is -2.11. The van der Waals surface area contributed by atoms with Crippen LogP contribution in [0.1, 0.15) is 60.3 Å². The number of carbonyl (C=O) groups is 3. The van der Waals surface area contributed by atoms with Crippen molar-refractivity contribution in [1.29, 1.82) is 0 Å². The molecule has 3 N–H and O–H groups in total. The van der Waals surface area contributed by atoms with Crippen LogP contribution in [0.15, 0.2) is 23.5 Å². The first-order valence-corrected chi connectivity index (χ1v) is 14.0. The minimum atomic E-state index is -2.23. The van der Waals surface area contributed by atoms with Crippen molar-refractivity contribution in [3.05, 3.63) is 23.5 Å². The van der Waals surface area contributed by atoms with Gasteiger partial charge in [-0.3, -0.25) is 9.59 Å². The van der Waals surface area contributed by atoms with Crippen LogP contribution in [0.5, 0.6) is 0 Å². The van der Waals surface area contributed by atoms with Crippen LogP contribution in [0.2, 0.25) is 0 Å². The summed E-state index contributed by atoms with van der Waals surface area (Å²) in [5, 5.41) is 35.8. The third kappa shape index (κ3) is 2.92. The first-order chi connectivity index (χ1) is 18.1. The maximum atomic E-state index is 14.1. The van der Waals surface area contributed by atoms with Gasteiger partial charge in [-0.15, -0.1) is 0 Å². The van der Waals surface area contributed by atoms with E-state index < -0.39 is 81.8 Å². The number of esters is 2. The van der Waals surface area contributed by atoms with Crippen LogP contribution in [0.25, 0.3) is 0 Å². The smallest absolute Gasteiger partial charge is 0.339 e. The Morgan fingerprint density at radius 3 is 2.51 bits per heavy atom. The van der Waals surface area contributed by atoms with Crippen molar-refractivity contribution >= 4 is 17.7 Å². The predicted molar refractivity (Wildman–Crippen MR) is 131 cm³/mol. The molecule has 5 aliphatic heterocycles. The average molecular weight is 545 g/mol. The van der Waals surface area contributed by atoms with Gasteiger partial charge in [-0.25, -0.2) is 4.79 Å². The lowest BCUT2D eigenvalue weighted by Crippen LogP contribution is -2.64. The molecular weight excluding hydrogens is 508 g/mol. The fraction of sp³-hybridized carbons (Fsp3) is 0.759. The summed E-state index contributed by atoms with van der Waals surface area (Å²) in [6.45, 7) is 9.31. The lowest BCUT2D eigenvalue weighted by atomic mass is 9.67. The number of aliphatic hydroxyl groups is 3. The number of Topliss-reactive ketones (excluding diaryl/α,β-unsaturated/α-hetero) is 1. The molecule has 0 aromatic rings. The minimum absolute atomic E-state index is 0.0425. The van der Waals surface area contributed by atoms with Crippen LogP contribution in [-0.4, -0.2) is 73.9 Å². The van der Waals surface area contributed by atoms with Crippen molar-refractivity contribution in [3.63, 3.8) is 0 Å². The summed E-state index contributed by atoms with van der Waals surface area (Å²) >= 11 is 0. The number of cyclic esters (lactones) is 1. The molecule has 2 aliphatic carbocycles. The highest BCUT2D eigenvalue weighted by molar-refractivity contribution is 5.93. The van der Waals surface area contributed by atoms with Crippen LogP contribution in [0, 0.1) is 35.0 Å². The average Bonchev–Trinajstić information content (AvgIpc) is 2.94. The van der Waals surface area contributed by atoms with E-state index in [9.17, 15) is 29.7 Å². The van der Waals surface area contributed by atoms with Gasteiger partial charge in [0.1, 0.15) is 23.6 Å². The largest absolute Gasteiger partial charge is 0.453 e. The fourth-order valence-electron chi connectivity index (χ4n) is 9.74. The highest BCUT2D eigenvalue weighted by atomic mass is 16.7. The second-order valence-electron chi connectivity index (χ2n) is 13.7. The molecule has 10 heteroatoms. The van der Waals surface area contributed by atoms with Crippen molar-refractivity contribution < 1.29 is 48.7 Å². The monoisotopic (exact) mass is 544 g/mol. The van der Waals surface area contributed by atoms with Crippen molar-refractivity contribution in [1.82, 2.24) is 0 Å². The van der Waals surface area contributed by atoms with Gasteiger partial charge in [-0.2, -0.15) is 0 Å². The summed E-state index contributed by atoms with van der Waals surface area (Å²) in [7, 11) is 0. The molecular formula is C29H36O10. The molecule has 12 atom stereocenters. The van der Waals surface area contributed by atoms with E-state index in [1.807, 2.05) is 33.8 Å². The van der Waals surface area contributed by atoms with E-state index in [0.717, 1.165) is 0 Å². The summed E-state index contributed by atoms with van der Waals surface area (Å²) in [4.78, 5) is 38.5. The van der Waals surface area contributed by atoms with E-state index in [2.05, 4.69) is 0 Å². The standard InChI is InChI=1S/C29H36O10/c1-12(8-14-9-13(2)23(33)36-14)19-21-26(19,5)6-7-27-20(22(32)29(21,35)39-27)15(30)10-16-25(3,4)37-17-11-18(31)38-28(16,17)24(27)34/h8-9,12,15-17,19-21,24,30,34-35H,6-7,10-11H2,1-5H3/b14-8-/t12-,15+,16+,17-,19-,20+,21+,24+,26-,27-,28-,29+/m1/s1. The predicted octanol–water partition coefficient (Wildman–Crippen LogP) is 1.30. The van der Waals surface area contributed by atoms with E-state index in [0.29, 0.717) is 17.8 Å². The number of aliphatic hydroxyl groups excluding tert-OH is 2. The fourth-order valence-corrected chi connectivity index (χ4v) is 9.74. The Kier molecular flexibility index (Phi) is 4.89. The molecule has 6 fully saturated rings. The number of rotatable bonds is 2. The van der Waals surface area contributed by atoms with Crippen molar-refractivity contribution in [3.8, 4) is 0 Å². The van der Waals surface area contributed by atoms with Gasteiger partial charge >= 0.3 is 11.9 Å². The number of hydrogen-bond acceptors (Lipinski definition) is 10. The molecule has 0 aromatic carbocycles. The third-order valence-corrected chi connectivity index (χ3v) is 11.3. The number of ether oxygens (including phenoxy) is 4. The minimum Gasteiger partial charge on any atom is -0.453 e. The maximum Gasteiger partial charge on any atom is 0.339 e. The van der Waals surface area contributed by atoms with Crippen molar-refractivity contribution in [2.75, 3.05) is 0 Å². The Morgan fingerprint density at radius 1 is 1.13 bits per heavy atom. The van der Waals surface area contributed by atoms with E-state index in [1.54, 1.807) is 13.0 Å². The highest BCUT2D eigenvalue weighted by Crippen LogP contribution is 2.75. The molecule has 10 nitrogen and oxygen atoms in total.